The average molecular weight is 475 g/mol. The summed E-state index contributed by atoms with van der Waals surface area (Å²) < 4.78 is 13.3. The van der Waals surface area contributed by atoms with Gasteiger partial charge in [0, 0.05) is 44.8 Å². The summed E-state index contributed by atoms with van der Waals surface area (Å²) in [6, 6.07) is 10.7. The van der Waals surface area contributed by atoms with Crippen LogP contribution in [0.1, 0.15) is 5.56 Å². The van der Waals surface area contributed by atoms with Crippen LogP contribution in [0.3, 0.4) is 0 Å². The Kier molecular flexibility index (Phi) is 7.09. The van der Waals surface area contributed by atoms with Gasteiger partial charge in [-0.2, -0.15) is 0 Å². The van der Waals surface area contributed by atoms with Crippen molar-refractivity contribution in [3.05, 3.63) is 65.0 Å². The lowest BCUT2D eigenvalue weighted by Crippen LogP contribution is -2.60. The zero-order chi connectivity index (χ0) is 22.5. The minimum Gasteiger partial charge on any atom is -0.474 e. The Morgan fingerprint density at radius 3 is 2.88 bits per heavy atom. The first kappa shape index (κ1) is 22.3. The van der Waals surface area contributed by atoms with Crippen molar-refractivity contribution in [3.63, 3.8) is 0 Å². The van der Waals surface area contributed by atoms with Gasteiger partial charge in [-0.25, -0.2) is 4.98 Å². The maximum atomic E-state index is 13.2. The quantitative estimate of drug-likeness (QED) is 0.501. The number of piperazine rings is 1. The number of aromatic nitrogens is 2. The van der Waals surface area contributed by atoms with Gasteiger partial charge >= 0.3 is 0 Å². The maximum absolute atomic E-state index is 13.2. The zero-order valence-corrected chi connectivity index (χ0v) is 19.1. The van der Waals surface area contributed by atoms with E-state index in [2.05, 4.69) is 4.98 Å². The number of carbonyl (C=O) groups is 2. The molecule has 1 saturated heterocycles. The Labute approximate surface area is 194 Å². The highest BCUT2D eigenvalue weighted by molar-refractivity contribution is 7.17. The van der Waals surface area contributed by atoms with Crippen molar-refractivity contribution in [2.24, 2.45) is 0 Å². The molecule has 8 nitrogen and oxygen atoms in total. The van der Waals surface area contributed by atoms with E-state index in [4.69, 9.17) is 21.1 Å². The zero-order valence-electron chi connectivity index (χ0n) is 17.5. The van der Waals surface area contributed by atoms with Crippen molar-refractivity contribution in [1.29, 1.82) is 0 Å². The smallest absolute Gasteiger partial charge is 0.261 e. The van der Waals surface area contributed by atoms with Crippen LogP contribution in [0.5, 0.6) is 5.06 Å². The van der Waals surface area contributed by atoms with Crippen molar-refractivity contribution in [1.82, 2.24) is 19.4 Å². The Hall–Kier alpha value is -2.88. The van der Waals surface area contributed by atoms with E-state index in [0.717, 1.165) is 11.3 Å². The molecule has 0 aliphatic carbocycles. The van der Waals surface area contributed by atoms with E-state index in [0.29, 0.717) is 29.0 Å². The molecule has 1 aliphatic heterocycles. The molecule has 32 heavy (non-hydrogen) atoms. The standard InChI is InChI=1S/C22H23ClN4O4S/c1-30-13-18-22(29)25(12-16-3-2-4-17(11-16)26-8-7-24-15-26)9-10-27(18)20(28)14-31-21-6-5-19(23)32-21/h2-8,11,15,18H,9-10,12-14H2,1H3. The predicted octanol–water partition coefficient (Wildman–Crippen LogP) is 2.85. The summed E-state index contributed by atoms with van der Waals surface area (Å²) in [5.74, 6) is -0.398. The van der Waals surface area contributed by atoms with E-state index in [9.17, 15) is 9.59 Å². The Morgan fingerprint density at radius 2 is 2.16 bits per heavy atom. The maximum Gasteiger partial charge on any atom is 0.261 e. The van der Waals surface area contributed by atoms with Gasteiger partial charge in [0.1, 0.15) is 6.04 Å². The highest BCUT2D eigenvalue weighted by Crippen LogP contribution is 2.28. The Bertz CT molecular complexity index is 1070. The summed E-state index contributed by atoms with van der Waals surface area (Å²) in [5, 5.41) is 0.564. The third-order valence-electron chi connectivity index (χ3n) is 5.20. The van der Waals surface area contributed by atoms with Crippen LogP contribution in [0.25, 0.3) is 5.69 Å². The lowest BCUT2D eigenvalue weighted by molar-refractivity contribution is -0.155. The fourth-order valence-electron chi connectivity index (χ4n) is 3.65. The van der Waals surface area contributed by atoms with Crippen molar-refractivity contribution in [2.45, 2.75) is 12.6 Å². The average Bonchev–Trinajstić information content (AvgIpc) is 3.47. The molecule has 1 unspecified atom stereocenters. The van der Waals surface area contributed by atoms with Crippen LogP contribution in [-0.2, 0) is 20.9 Å². The fraction of sp³-hybridized carbons (Fsp3) is 0.318. The molecule has 3 heterocycles. The molecule has 10 heteroatoms. The molecule has 1 aromatic carbocycles. The molecule has 0 radical (unpaired) electrons. The van der Waals surface area contributed by atoms with E-state index in [1.807, 2.05) is 35.0 Å². The van der Waals surface area contributed by atoms with E-state index in [-0.39, 0.29) is 25.0 Å². The molecule has 1 atom stereocenters. The van der Waals surface area contributed by atoms with E-state index in [1.165, 1.54) is 18.4 Å². The van der Waals surface area contributed by atoms with Gasteiger partial charge in [-0.15, -0.1) is 0 Å². The molecular weight excluding hydrogens is 452 g/mol. The highest BCUT2D eigenvalue weighted by Gasteiger charge is 2.37. The Morgan fingerprint density at radius 1 is 1.28 bits per heavy atom. The molecular formula is C22H23ClN4O4S. The highest BCUT2D eigenvalue weighted by atomic mass is 35.5. The number of hydrogen-bond donors (Lipinski definition) is 0. The molecule has 1 aliphatic rings. The number of hydrogen-bond acceptors (Lipinski definition) is 6. The van der Waals surface area contributed by atoms with E-state index in [1.54, 1.807) is 34.5 Å². The number of benzene rings is 1. The van der Waals surface area contributed by atoms with Gasteiger partial charge in [0.25, 0.3) is 5.91 Å². The molecule has 0 bridgehead atoms. The molecule has 3 aromatic rings. The number of methoxy groups -OCH3 is 1. The van der Waals surface area contributed by atoms with E-state index >= 15 is 0 Å². The van der Waals surface area contributed by atoms with Crippen molar-refractivity contribution < 1.29 is 19.1 Å². The SMILES string of the molecule is COCC1C(=O)N(Cc2cccc(-n3ccnc3)c2)CCN1C(=O)COc1ccc(Cl)s1. The second kappa shape index (κ2) is 10.2. The summed E-state index contributed by atoms with van der Waals surface area (Å²) in [5.41, 5.74) is 1.97. The minimum atomic E-state index is -0.686. The van der Waals surface area contributed by atoms with Crippen LogP contribution in [0.15, 0.2) is 55.1 Å². The third kappa shape index (κ3) is 5.12. The second-order valence-electron chi connectivity index (χ2n) is 7.31. The monoisotopic (exact) mass is 474 g/mol. The topological polar surface area (TPSA) is 76.9 Å². The van der Waals surface area contributed by atoms with Gasteiger partial charge in [-0.1, -0.05) is 35.1 Å². The predicted molar refractivity (Wildman–Crippen MR) is 121 cm³/mol. The van der Waals surface area contributed by atoms with Crippen molar-refractivity contribution in [3.8, 4) is 10.8 Å². The van der Waals surface area contributed by atoms with Gasteiger partial charge in [0.2, 0.25) is 5.91 Å². The number of amides is 2. The number of rotatable bonds is 8. The summed E-state index contributed by atoms with van der Waals surface area (Å²) in [4.78, 5) is 33.4. The van der Waals surface area contributed by atoms with Crippen LogP contribution in [0.2, 0.25) is 4.34 Å². The number of nitrogens with zero attached hydrogens (tertiary/aromatic N) is 4. The number of halogens is 1. The summed E-state index contributed by atoms with van der Waals surface area (Å²) in [7, 11) is 1.52. The number of carbonyl (C=O) groups excluding carboxylic acids is 2. The van der Waals surface area contributed by atoms with Gasteiger partial charge in [-0.05, 0) is 29.8 Å². The summed E-state index contributed by atoms with van der Waals surface area (Å²) >= 11 is 7.16. The number of imidazole rings is 1. The molecule has 168 valence electrons. The normalized spacial score (nSPS) is 16.4. The van der Waals surface area contributed by atoms with Gasteiger partial charge in [0.05, 0.1) is 17.3 Å². The lowest BCUT2D eigenvalue weighted by atomic mass is 10.1. The molecule has 2 amide bonds. The first-order valence-electron chi connectivity index (χ1n) is 10.1. The van der Waals surface area contributed by atoms with Crippen LogP contribution in [-0.4, -0.2) is 70.6 Å². The van der Waals surface area contributed by atoms with Crippen molar-refractivity contribution >= 4 is 34.8 Å². The lowest BCUT2D eigenvalue weighted by Gasteiger charge is -2.40. The fourth-order valence-corrected chi connectivity index (χ4v) is 4.53. The van der Waals surface area contributed by atoms with Crippen molar-refractivity contribution in [2.75, 3.05) is 33.4 Å². The summed E-state index contributed by atoms with van der Waals surface area (Å²) in [6.07, 6.45) is 5.32. The first-order valence-corrected chi connectivity index (χ1v) is 11.3. The minimum absolute atomic E-state index is 0.126. The van der Waals surface area contributed by atoms with Crippen LogP contribution < -0.4 is 4.74 Å². The molecule has 2 aromatic heterocycles. The second-order valence-corrected chi connectivity index (χ2v) is 8.98. The largest absolute Gasteiger partial charge is 0.474 e. The molecule has 4 rings (SSSR count). The first-order chi connectivity index (χ1) is 15.5. The molecule has 0 spiro atoms. The van der Waals surface area contributed by atoms with Crippen LogP contribution >= 0.6 is 22.9 Å². The Balaban J connectivity index is 1.42. The number of thiophene rings is 1. The van der Waals surface area contributed by atoms with E-state index < -0.39 is 6.04 Å². The third-order valence-corrected chi connectivity index (χ3v) is 6.35. The molecule has 1 fully saturated rings. The van der Waals surface area contributed by atoms with Gasteiger partial charge in [-0.3, -0.25) is 9.59 Å². The molecule has 0 N–H and O–H groups in total. The van der Waals surface area contributed by atoms with Gasteiger partial charge in [0.15, 0.2) is 11.7 Å². The number of ether oxygens (including phenoxy) is 2. The summed E-state index contributed by atoms with van der Waals surface area (Å²) in [6.45, 7) is 1.27. The van der Waals surface area contributed by atoms with Crippen LogP contribution in [0.4, 0.5) is 0 Å². The molecule has 0 saturated carbocycles. The van der Waals surface area contributed by atoms with Crippen LogP contribution in [0, 0.1) is 0 Å². The van der Waals surface area contributed by atoms with Gasteiger partial charge < -0.3 is 23.8 Å².